The molecule has 1 heterocycles. The number of hydrogen-bond acceptors (Lipinski definition) is 7. The molecule has 0 radical (unpaired) electrons. The standard InChI is InChI=1S/C22H26N2O6S2/c1-16(22(26)29-2)31-20-6-4-3-5-19(20)21(25)23-15-17-7-9-18(10-8-17)32(27,28)24-11-13-30-14-12-24/h3-10,16H,11-15H2,1-2H3,(H,23,25). The van der Waals surface area contributed by atoms with Crippen molar-refractivity contribution in [2.45, 2.75) is 28.5 Å². The summed E-state index contributed by atoms with van der Waals surface area (Å²) in [5.41, 5.74) is 1.23. The monoisotopic (exact) mass is 478 g/mol. The molecular formula is C22H26N2O6S2. The van der Waals surface area contributed by atoms with E-state index in [-0.39, 0.29) is 23.3 Å². The van der Waals surface area contributed by atoms with Gasteiger partial charge in [-0.1, -0.05) is 24.3 Å². The highest BCUT2D eigenvalue weighted by atomic mass is 32.2. The van der Waals surface area contributed by atoms with Crippen molar-refractivity contribution in [2.24, 2.45) is 0 Å². The van der Waals surface area contributed by atoms with E-state index >= 15 is 0 Å². The van der Waals surface area contributed by atoms with Crippen LogP contribution in [0.3, 0.4) is 0 Å². The summed E-state index contributed by atoms with van der Waals surface area (Å²) in [5.74, 6) is -0.646. The third kappa shape index (κ3) is 5.89. The topological polar surface area (TPSA) is 102 Å². The number of rotatable bonds is 8. The molecule has 0 spiro atoms. The SMILES string of the molecule is COC(=O)C(C)Sc1ccccc1C(=O)NCc1ccc(S(=O)(=O)N2CCOCC2)cc1. The van der Waals surface area contributed by atoms with Crippen molar-refractivity contribution in [1.82, 2.24) is 9.62 Å². The summed E-state index contributed by atoms with van der Waals surface area (Å²) in [6.45, 7) is 3.42. The van der Waals surface area contributed by atoms with Gasteiger partial charge in [0.15, 0.2) is 0 Å². The van der Waals surface area contributed by atoms with Gasteiger partial charge in [-0.3, -0.25) is 9.59 Å². The lowest BCUT2D eigenvalue weighted by atomic mass is 10.2. The summed E-state index contributed by atoms with van der Waals surface area (Å²) in [6, 6.07) is 13.5. The van der Waals surface area contributed by atoms with Gasteiger partial charge in [-0.15, -0.1) is 11.8 Å². The fraction of sp³-hybridized carbons (Fsp3) is 0.364. The molecule has 2 aromatic carbocycles. The lowest BCUT2D eigenvalue weighted by molar-refractivity contribution is -0.139. The molecule has 1 atom stereocenters. The molecule has 8 nitrogen and oxygen atoms in total. The number of amides is 1. The van der Waals surface area contributed by atoms with Gasteiger partial charge >= 0.3 is 5.97 Å². The first-order chi connectivity index (χ1) is 15.3. The van der Waals surface area contributed by atoms with Crippen molar-refractivity contribution < 1.29 is 27.5 Å². The molecule has 1 aliphatic rings. The minimum Gasteiger partial charge on any atom is -0.468 e. The van der Waals surface area contributed by atoms with Crippen molar-refractivity contribution in [2.75, 3.05) is 33.4 Å². The van der Waals surface area contributed by atoms with E-state index in [4.69, 9.17) is 9.47 Å². The molecule has 0 saturated carbocycles. The quantitative estimate of drug-likeness (QED) is 0.459. The molecule has 1 amide bonds. The van der Waals surface area contributed by atoms with E-state index in [0.29, 0.717) is 36.8 Å². The number of thioether (sulfide) groups is 1. The Balaban J connectivity index is 1.64. The number of carbonyl (C=O) groups excluding carboxylic acids is 2. The second-order valence-corrected chi connectivity index (χ2v) is 10.4. The molecule has 172 valence electrons. The van der Waals surface area contributed by atoms with Crippen LogP contribution in [0.25, 0.3) is 0 Å². The fourth-order valence-corrected chi connectivity index (χ4v) is 5.58. The summed E-state index contributed by atoms with van der Waals surface area (Å²) >= 11 is 1.26. The summed E-state index contributed by atoms with van der Waals surface area (Å²) in [5, 5.41) is 2.40. The maximum absolute atomic E-state index is 12.7. The number of morpholine rings is 1. The molecule has 2 aromatic rings. The molecule has 0 aliphatic carbocycles. The lowest BCUT2D eigenvalue weighted by Crippen LogP contribution is -2.40. The number of esters is 1. The van der Waals surface area contributed by atoms with Crippen molar-refractivity contribution in [3.63, 3.8) is 0 Å². The van der Waals surface area contributed by atoms with Crippen LogP contribution in [0.5, 0.6) is 0 Å². The van der Waals surface area contributed by atoms with Crippen molar-refractivity contribution >= 4 is 33.7 Å². The summed E-state index contributed by atoms with van der Waals surface area (Å²) in [7, 11) is -2.23. The Morgan fingerprint density at radius 1 is 1.12 bits per heavy atom. The average Bonchev–Trinajstić information content (AvgIpc) is 2.83. The van der Waals surface area contributed by atoms with Crippen LogP contribution in [0, 0.1) is 0 Å². The largest absolute Gasteiger partial charge is 0.468 e. The first kappa shape index (κ1) is 24.2. The van der Waals surface area contributed by atoms with Crippen LogP contribution < -0.4 is 5.32 Å². The Bertz CT molecular complexity index is 1050. The first-order valence-electron chi connectivity index (χ1n) is 10.1. The van der Waals surface area contributed by atoms with Crippen LogP contribution in [-0.4, -0.2) is 63.3 Å². The predicted molar refractivity (Wildman–Crippen MR) is 121 cm³/mol. The predicted octanol–water partition coefficient (Wildman–Crippen LogP) is 2.29. The maximum atomic E-state index is 12.7. The molecule has 1 N–H and O–H groups in total. The van der Waals surface area contributed by atoms with Gasteiger partial charge < -0.3 is 14.8 Å². The Morgan fingerprint density at radius 3 is 2.44 bits per heavy atom. The van der Waals surface area contributed by atoms with Crippen molar-refractivity contribution in [1.29, 1.82) is 0 Å². The fourth-order valence-electron chi connectivity index (χ4n) is 3.15. The Kier molecular flexibility index (Phi) is 8.30. The van der Waals surface area contributed by atoms with E-state index in [9.17, 15) is 18.0 Å². The normalized spacial score (nSPS) is 15.7. The van der Waals surface area contributed by atoms with Crippen LogP contribution in [0.2, 0.25) is 0 Å². The van der Waals surface area contributed by atoms with E-state index in [1.54, 1.807) is 55.5 Å². The second-order valence-electron chi connectivity index (χ2n) is 7.12. The van der Waals surface area contributed by atoms with E-state index < -0.39 is 15.3 Å². The lowest BCUT2D eigenvalue weighted by Gasteiger charge is -2.26. The zero-order chi connectivity index (χ0) is 23.1. The third-order valence-corrected chi connectivity index (χ3v) is 8.02. The molecule has 0 aromatic heterocycles. The van der Waals surface area contributed by atoms with E-state index in [1.807, 2.05) is 0 Å². The van der Waals surface area contributed by atoms with Crippen LogP contribution in [-0.2, 0) is 30.8 Å². The molecule has 3 rings (SSSR count). The van der Waals surface area contributed by atoms with Crippen LogP contribution in [0.15, 0.2) is 58.3 Å². The average molecular weight is 479 g/mol. The van der Waals surface area contributed by atoms with Gasteiger partial charge in [0, 0.05) is 24.5 Å². The zero-order valence-corrected chi connectivity index (χ0v) is 19.6. The minimum atomic E-state index is -3.55. The number of benzene rings is 2. The minimum absolute atomic E-state index is 0.216. The van der Waals surface area contributed by atoms with Gasteiger partial charge in [-0.05, 0) is 36.8 Å². The molecule has 1 fully saturated rings. The van der Waals surface area contributed by atoms with Crippen LogP contribution >= 0.6 is 11.8 Å². The summed E-state index contributed by atoms with van der Waals surface area (Å²) in [4.78, 5) is 25.3. The summed E-state index contributed by atoms with van der Waals surface area (Å²) in [6.07, 6.45) is 0. The van der Waals surface area contributed by atoms with Gasteiger partial charge in [0.1, 0.15) is 5.25 Å². The number of carbonyl (C=O) groups is 2. The van der Waals surface area contributed by atoms with Gasteiger partial charge in [-0.25, -0.2) is 8.42 Å². The highest BCUT2D eigenvalue weighted by molar-refractivity contribution is 8.00. The molecule has 1 saturated heterocycles. The van der Waals surface area contributed by atoms with Crippen LogP contribution in [0.1, 0.15) is 22.8 Å². The highest BCUT2D eigenvalue weighted by Crippen LogP contribution is 2.27. The van der Waals surface area contributed by atoms with Gasteiger partial charge in [0.2, 0.25) is 10.0 Å². The number of nitrogens with one attached hydrogen (secondary N) is 1. The smallest absolute Gasteiger partial charge is 0.318 e. The van der Waals surface area contributed by atoms with E-state index in [0.717, 1.165) is 5.56 Å². The molecular weight excluding hydrogens is 452 g/mol. The number of ether oxygens (including phenoxy) is 2. The number of hydrogen-bond donors (Lipinski definition) is 1. The highest BCUT2D eigenvalue weighted by Gasteiger charge is 2.26. The summed E-state index contributed by atoms with van der Waals surface area (Å²) < 4.78 is 36.8. The third-order valence-electron chi connectivity index (χ3n) is 4.95. The zero-order valence-electron chi connectivity index (χ0n) is 17.9. The van der Waals surface area contributed by atoms with Gasteiger partial charge in [0.05, 0.1) is 30.8 Å². The van der Waals surface area contributed by atoms with Crippen LogP contribution in [0.4, 0.5) is 0 Å². The van der Waals surface area contributed by atoms with Gasteiger partial charge in [-0.2, -0.15) is 4.31 Å². The Labute approximate surface area is 192 Å². The van der Waals surface area contributed by atoms with Gasteiger partial charge in [0.25, 0.3) is 5.91 Å². The van der Waals surface area contributed by atoms with E-state index in [1.165, 1.54) is 23.2 Å². The molecule has 32 heavy (non-hydrogen) atoms. The van der Waals surface area contributed by atoms with E-state index in [2.05, 4.69) is 5.32 Å². The molecule has 1 aliphatic heterocycles. The first-order valence-corrected chi connectivity index (χ1v) is 12.4. The number of methoxy groups -OCH3 is 1. The van der Waals surface area contributed by atoms with Crippen molar-refractivity contribution in [3.8, 4) is 0 Å². The van der Waals surface area contributed by atoms with Crippen molar-refractivity contribution in [3.05, 3.63) is 59.7 Å². The maximum Gasteiger partial charge on any atom is 0.318 e. The molecule has 0 bridgehead atoms. The number of nitrogens with zero attached hydrogens (tertiary/aromatic N) is 1. The second kappa shape index (κ2) is 11.0. The Hall–Kier alpha value is -2.40. The molecule has 10 heteroatoms. The Morgan fingerprint density at radius 2 is 1.78 bits per heavy atom. The number of sulfonamides is 1. The molecule has 1 unspecified atom stereocenters.